The van der Waals surface area contributed by atoms with Crippen LogP contribution in [0.15, 0.2) is 48.7 Å². The van der Waals surface area contributed by atoms with Crippen LogP contribution >= 0.6 is 11.6 Å². The van der Waals surface area contributed by atoms with Gasteiger partial charge in [0.15, 0.2) is 0 Å². The highest BCUT2D eigenvalue weighted by Crippen LogP contribution is 2.42. The lowest BCUT2D eigenvalue weighted by atomic mass is 9.81. The van der Waals surface area contributed by atoms with Crippen molar-refractivity contribution < 1.29 is 19.4 Å². The summed E-state index contributed by atoms with van der Waals surface area (Å²) in [4.78, 5) is 41.9. The molecule has 0 radical (unpaired) electrons. The van der Waals surface area contributed by atoms with Gasteiger partial charge in [0.25, 0.3) is 5.91 Å². The minimum absolute atomic E-state index is 0.0358. The lowest BCUT2D eigenvalue weighted by molar-refractivity contribution is -0.391. The van der Waals surface area contributed by atoms with Gasteiger partial charge >= 0.3 is 0 Å². The number of carbonyl (C=O) groups excluding carboxylic acids is 2. The molecule has 1 spiro atoms. The van der Waals surface area contributed by atoms with Crippen molar-refractivity contribution >= 4 is 34.3 Å². The molecule has 3 aliphatic rings. The molecule has 188 valence electrons. The topological polar surface area (TPSA) is 64.0 Å². The maximum Gasteiger partial charge on any atom is 0.256 e. The monoisotopic (exact) mass is 507 g/mol. The van der Waals surface area contributed by atoms with Gasteiger partial charge in [-0.25, -0.2) is 9.78 Å². The maximum absolute atomic E-state index is 13.7. The van der Waals surface area contributed by atoms with Gasteiger partial charge in [0.05, 0.1) is 11.1 Å². The van der Waals surface area contributed by atoms with Crippen LogP contribution in [0.1, 0.15) is 53.6 Å². The first kappa shape index (κ1) is 23.5. The largest absolute Gasteiger partial charge is 0.341 e. The maximum atomic E-state index is 13.7. The summed E-state index contributed by atoms with van der Waals surface area (Å²) in [6.07, 6.45) is 6.41. The SMILES string of the molecule is O=C(Cn1cc(C(=O)N2CCC3(CC2)OOCc2ccccc23)c2ccc(Cl)cc21)N1CCCCC1. The van der Waals surface area contributed by atoms with E-state index in [1.807, 2.05) is 44.8 Å². The average Bonchev–Trinajstić information content (AvgIpc) is 3.26. The van der Waals surface area contributed by atoms with Gasteiger partial charge in [-0.05, 0) is 42.5 Å². The molecular weight excluding hydrogens is 478 g/mol. The van der Waals surface area contributed by atoms with E-state index >= 15 is 0 Å². The first-order chi connectivity index (χ1) is 17.5. The van der Waals surface area contributed by atoms with E-state index in [1.54, 1.807) is 6.07 Å². The number of hydrogen-bond acceptors (Lipinski definition) is 4. The fourth-order valence-electron chi connectivity index (χ4n) is 5.89. The summed E-state index contributed by atoms with van der Waals surface area (Å²) >= 11 is 6.31. The smallest absolute Gasteiger partial charge is 0.256 e. The molecule has 0 N–H and O–H groups in total. The van der Waals surface area contributed by atoms with Crippen molar-refractivity contribution in [2.24, 2.45) is 0 Å². The molecule has 4 heterocycles. The fraction of sp³-hybridized carbons (Fsp3) is 0.429. The third kappa shape index (κ3) is 4.19. The van der Waals surface area contributed by atoms with Crippen molar-refractivity contribution in [3.8, 4) is 0 Å². The second-order valence-electron chi connectivity index (χ2n) is 10.1. The Hall–Kier alpha value is -2.87. The van der Waals surface area contributed by atoms with Crippen LogP contribution in [0.3, 0.4) is 0 Å². The minimum atomic E-state index is -0.520. The number of benzene rings is 2. The normalized spacial score (nSPS) is 19.5. The van der Waals surface area contributed by atoms with E-state index < -0.39 is 5.60 Å². The molecule has 7 nitrogen and oxygen atoms in total. The van der Waals surface area contributed by atoms with E-state index in [-0.39, 0.29) is 18.4 Å². The van der Waals surface area contributed by atoms with Crippen molar-refractivity contribution in [1.82, 2.24) is 14.4 Å². The number of hydrogen-bond donors (Lipinski definition) is 0. The Balaban J connectivity index is 1.24. The number of aromatic nitrogens is 1. The van der Waals surface area contributed by atoms with Crippen LogP contribution in [-0.2, 0) is 33.3 Å². The summed E-state index contributed by atoms with van der Waals surface area (Å²) in [5, 5.41) is 1.40. The van der Waals surface area contributed by atoms with Crippen LogP contribution in [0.25, 0.3) is 10.9 Å². The number of amides is 2. The molecule has 6 rings (SSSR count). The molecule has 8 heteroatoms. The average molecular weight is 508 g/mol. The molecule has 0 bridgehead atoms. The standard InChI is InChI=1S/C28H30ClN3O4/c29-21-8-9-22-23(17-32(25(22)16-21)18-26(33)30-12-4-1-5-13-30)27(34)31-14-10-28(11-15-31)24-7-3-2-6-20(24)19-35-36-28/h2-3,6-9,16-17H,1,4-5,10-15,18-19H2. The number of piperidine rings is 2. The zero-order valence-electron chi connectivity index (χ0n) is 20.2. The highest BCUT2D eigenvalue weighted by Gasteiger charge is 2.43. The number of fused-ring (bicyclic) bond motifs is 3. The summed E-state index contributed by atoms with van der Waals surface area (Å²) in [7, 11) is 0. The number of carbonyl (C=O) groups is 2. The molecule has 2 amide bonds. The van der Waals surface area contributed by atoms with Crippen LogP contribution in [0.4, 0.5) is 0 Å². The van der Waals surface area contributed by atoms with Crippen LogP contribution in [0.2, 0.25) is 5.02 Å². The predicted molar refractivity (Wildman–Crippen MR) is 137 cm³/mol. The highest BCUT2D eigenvalue weighted by atomic mass is 35.5. The quantitative estimate of drug-likeness (QED) is 0.473. The summed E-state index contributed by atoms with van der Waals surface area (Å²) in [6, 6.07) is 13.7. The van der Waals surface area contributed by atoms with Crippen LogP contribution in [0, 0.1) is 0 Å². The van der Waals surface area contributed by atoms with Crippen molar-refractivity contribution in [1.29, 1.82) is 0 Å². The van der Waals surface area contributed by atoms with E-state index in [1.165, 1.54) is 6.42 Å². The van der Waals surface area contributed by atoms with Gasteiger partial charge in [0, 0.05) is 55.6 Å². The predicted octanol–water partition coefficient (Wildman–Crippen LogP) is 4.90. The molecule has 3 aliphatic heterocycles. The number of rotatable bonds is 3. The van der Waals surface area contributed by atoms with E-state index in [0.717, 1.165) is 48.0 Å². The van der Waals surface area contributed by atoms with Crippen molar-refractivity contribution in [3.05, 3.63) is 70.4 Å². The molecule has 3 aromatic rings. The van der Waals surface area contributed by atoms with E-state index in [4.69, 9.17) is 21.4 Å². The lowest BCUT2D eigenvalue weighted by Gasteiger charge is -2.43. The van der Waals surface area contributed by atoms with Gasteiger partial charge in [-0.3, -0.25) is 9.59 Å². The van der Waals surface area contributed by atoms with E-state index in [9.17, 15) is 9.59 Å². The van der Waals surface area contributed by atoms with Gasteiger partial charge in [0.2, 0.25) is 5.91 Å². The van der Waals surface area contributed by atoms with Crippen LogP contribution < -0.4 is 0 Å². The number of halogens is 1. The minimum Gasteiger partial charge on any atom is -0.341 e. The number of likely N-dealkylation sites (tertiary alicyclic amines) is 2. The molecule has 0 atom stereocenters. The molecule has 0 saturated carbocycles. The third-order valence-corrected chi connectivity index (χ3v) is 8.12. The van der Waals surface area contributed by atoms with E-state index in [0.29, 0.717) is 43.1 Å². The molecule has 2 saturated heterocycles. The van der Waals surface area contributed by atoms with Gasteiger partial charge in [-0.2, -0.15) is 0 Å². The Morgan fingerprint density at radius 3 is 2.53 bits per heavy atom. The van der Waals surface area contributed by atoms with Gasteiger partial charge < -0.3 is 14.4 Å². The first-order valence-electron chi connectivity index (χ1n) is 12.8. The molecule has 2 fully saturated rings. The molecule has 0 unspecified atom stereocenters. The number of nitrogens with zero attached hydrogens (tertiary/aromatic N) is 3. The Bertz CT molecular complexity index is 1310. The molecule has 0 aliphatic carbocycles. The van der Waals surface area contributed by atoms with E-state index in [2.05, 4.69) is 12.1 Å². The Morgan fingerprint density at radius 2 is 1.72 bits per heavy atom. The van der Waals surface area contributed by atoms with Gasteiger partial charge in [-0.15, -0.1) is 0 Å². The van der Waals surface area contributed by atoms with Crippen LogP contribution in [0.5, 0.6) is 0 Å². The summed E-state index contributed by atoms with van der Waals surface area (Å²) < 4.78 is 1.88. The Kier molecular flexibility index (Phi) is 6.23. The van der Waals surface area contributed by atoms with Gasteiger partial charge in [0.1, 0.15) is 18.8 Å². The van der Waals surface area contributed by atoms with Crippen LogP contribution in [-0.4, -0.2) is 52.4 Å². The molecular formula is C28H30ClN3O4. The Labute approximate surface area is 215 Å². The lowest BCUT2D eigenvalue weighted by Crippen LogP contribution is -2.48. The Morgan fingerprint density at radius 1 is 0.944 bits per heavy atom. The van der Waals surface area contributed by atoms with Crippen molar-refractivity contribution in [2.75, 3.05) is 26.2 Å². The summed E-state index contributed by atoms with van der Waals surface area (Å²) in [6.45, 7) is 3.37. The second kappa shape index (κ2) is 9.54. The van der Waals surface area contributed by atoms with Crippen molar-refractivity contribution in [3.63, 3.8) is 0 Å². The molecule has 2 aromatic carbocycles. The summed E-state index contributed by atoms with van der Waals surface area (Å²) in [5.74, 6) is 0.0463. The van der Waals surface area contributed by atoms with Crippen molar-refractivity contribution in [2.45, 2.75) is 50.9 Å². The zero-order valence-corrected chi connectivity index (χ0v) is 21.0. The third-order valence-electron chi connectivity index (χ3n) is 7.89. The first-order valence-corrected chi connectivity index (χ1v) is 13.2. The highest BCUT2D eigenvalue weighted by molar-refractivity contribution is 6.31. The molecule has 36 heavy (non-hydrogen) atoms. The molecule has 1 aromatic heterocycles. The zero-order chi connectivity index (χ0) is 24.7. The summed E-state index contributed by atoms with van der Waals surface area (Å²) in [5.41, 5.74) is 3.19. The fourth-order valence-corrected chi connectivity index (χ4v) is 6.06. The van der Waals surface area contributed by atoms with Gasteiger partial charge in [-0.1, -0.05) is 41.9 Å². The second-order valence-corrected chi connectivity index (χ2v) is 10.5.